The summed E-state index contributed by atoms with van der Waals surface area (Å²) in [4.78, 5) is 23.8. The normalized spacial score (nSPS) is 14.3. The van der Waals surface area contributed by atoms with E-state index in [1.807, 2.05) is 24.3 Å². The Morgan fingerprint density at radius 1 is 1.17 bits per heavy atom. The number of hydrogen-bond acceptors (Lipinski definition) is 7. The van der Waals surface area contributed by atoms with Gasteiger partial charge in [0, 0.05) is 48.7 Å². The Morgan fingerprint density at radius 2 is 2.07 bits per heavy atom. The predicted octanol–water partition coefficient (Wildman–Crippen LogP) is 2.74. The molecule has 0 aliphatic carbocycles. The van der Waals surface area contributed by atoms with Gasteiger partial charge in [0.2, 0.25) is 0 Å². The number of amides is 1. The first-order valence-corrected chi connectivity index (χ1v) is 10.3. The van der Waals surface area contributed by atoms with Crippen molar-refractivity contribution in [2.75, 3.05) is 36.4 Å². The molecule has 1 aromatic carbocycles. The van der Waals surface area contributed by atoms with Crippen LogP contribution >= 0.6 is 11.3 Å². The third-order valence-electron chi connectivity index (χ3n) is 4.93. The lowest BCUT2D eigenvalue weighted by atomic mass is 10.2. The van der Waals surface area contributed by atoms with Gasteiger partial charge >= 0.3 is 0 Å². The first kappa shape index (κ1) is 17.8. The Bertz CT molecular complexity index is 1160. The van der Waals surface area contributed by atoms with Gasteiger partial charge in [0.15, 0.2) is 0 Å². The van der Waals surface area contributed by atoms with Crippen LogP contribution in [0.25, 0.3) is 21.5 Å². The van der Waals surface area contributed by atoms with Crippen molar-refractivity contribution in [2.45, 2.75) is 0 Å². The van der Waals surface area contributed by atoms with Crippen molar-refractivity contribution in [2.24, 2.45) is 0 Å². The lowest BCUT2D eigenvalue weighted by molar-refractivity contribution is 0.102. The number of carbonyl (C=O) groups is 1. The van der Waals surface area contributed by atoms with Gasteiger partial charge in [0.1, 0.15) is 10.7 Å². The molecule has 3 aromatic heterocycles. The van der Waals surface area contributed by atoms with Crippen LogP contribution in [0.4, 0.5) is 11.4 Å². The van der Waals surface area contributed by atoms with Gasteiger partial charge in [-0.3, -0.25) is 14.9 Å². The van der Waals surface area contributed by atoms with Gasteiger partial charge in [-0.25, -0.2) is 4.98 Å². The molecule has 1 aliphatic rings. The van der Waals surface area contributed by atoms with E-state index in [0.717, 1.165) is 53.3 Å². The highest BCUT2D eigenvalue weighted by molar-refractivity contribution is 7.13. The molecule has 0 atom stereocenters. The Hall–Kier alpha value is -3.30. The zero-order valence-corrected chi connectivity index (χ0v) is 16.4. The number of fused-ring (bicyclic) bond motifs is 1. The SMILES string of the molecule is O=C(Nc1cnccc1N1CCNCC1)c1csc(-c2ccc3cn[nH]c3c2)n1. The Labute approximate surface area is 171 Å². The number of nitrogens with one attached hydrogen (secondary N) is 3. The Morgan fingerprint density at radius 3 is 2.97 bits per heavy atom. The molecule has 1 saturated heterocycles. The molecule has 0 spiro atoms. The van der Waals surface area contributed by atoms with Crippen LogP contribution in [-0.2, 0) is 0 Å². The second-order valence-corrected chi connectivity index (χ2v) is 7.65. The molecule has 4 heterocycles. The first-order chi connectivity index (χ1) is 14.3. The monoisotopic (exact) mass is 405 g/mol. The minimum absolute atomic E-state index is 0.237. The standard InChI is InChI=1S/C20H19N7OS/c28-19(24-16-11-22-4-3-18(16)27-7-5-21-6-8-27)17-12-29-20(25-17)13-1-2-14-10-23-26-15(14)9-13/h1-4,9-12,21H,5-8H2,(H,23,26)(H,24,28). The number of H-pyrrole nitrogens is 1. The molecular formula is C20H19N7OS. The number of rotatable bonds is 4. The molecule has 8 nitrogen and oxygen atoms in total. The third-order valence-corrected chi connectivity index (χ3v) is 5.82. The maximum absolute atomic E-state index is 12.8. The van der Waals surface area contributed by atoms with E-state index in [4.69, 9.17) is 0 Å². The summed E-state index contributed by atoms with van der Waals surface area (Å²) in [7, 11) is 0. The highest BCUT2D eigenvalue weighted by Gasteiger charge is 2.18. The number of aromatic nitrogens is 4. The Kier molecular flexibility index (Phi) is 4.66. The molecule has 29 heavy (non-hydrogen) atoms. The molecule has 0 unspecified atom stereocenters. The summed E-state index contributed by atoms with van der Waals surface area (Å²) in [6.45, 7) is 3.63. The van der Waals surface area contributed by atoms with Crippen molar-refractivity contribution in [3.05, 3.63) is 53.9 Å². The van der Waals surface area contributed by atoms with Crippen LogP contribution < -0.4 is 15.5 Å². The van der Waals surface area contributed by atoms with Crippen molar-refractivity contribution in [1.29, 1.82) is 0 Å². The topological polar surface area (TPSA) is 98.8 Å². The van der Waals surface area contributed by atoms with Crippen LogP contribution in [-0.4, -0.2) is 52.3 Å². The number of anilines is 2. The number of nitrogens with zero attached hydrogens (tertiary/aromatic N) is 4. The van der Waals surface area contributed by atoms with Crippen LogP contribution in [0.2, 0.25) is 0 Å². The smallest absolute Gasteiger partial charge is 0.275 e. The molecule has 4 aromatic rings. The quantitative estimate of drug-likeness (QED) is 0.483. The van der Waals surface area contributed by atoms with Crippen LogP contribution in [0.3, 0.4) is 0 Å². The minimum Gasteiger partial charge on any atom is -0.367 e. The van der Waals surface area contributed by atoms with E-state index in [1.54, 1.807) is 24.0 Å². The van der Waals surface area contributed by atoms with E-state index in [0.29, 0.717) is 11.4 Å². The summed E-state index contributed by atoms with van der Waals surface area (Å²) in [6, 6.07) is 7.91. The van der Waals surface area contributed by atoms with Crippen molar-refractivity contribution in [1.82, 2.24) is 25.5 Å². The highest BCUT2D eigenvalue weighted by atomic mass is 32.1. The molecule has 146 valence electrons. The number of hydrogen-bond donors (Lipinski definition) is 3. The zero-order valence-electron chi connectivity index (χ0n) is 15.6. The van der Waals surface area contributed by atoms with E-state index in [2.05, 4.69) is 35.7 Å². The molecule has 3 N–H and O–H groups in total. The van der Waals surface area contributed by atoms with Crippen LogP contribution in [0.1, 0.15) is 10.5 Å². The van der Waals surface area contributed by atoms with Gasteiger partial charge in [-0.15, -0.1) is 11.3 Å². The summed E-state index contributed by atoms with van der Waals surface area (Å²) in [5, 5.41) is 16.9. The fourth-order valence-corrected chi connectivity index (χ4v) is 4.23. The number of aromatic amines is 1. The number of benzene rings is 1. The average molecular weight is 405 g/mol. The van der Waals surface area contributed by atoms with E-state index < -0.39 is 0 Å². The summed E-state index contributed by atoms with van der Waals surface area (Å²) < 4.78 is 0. The van der Waals surface area contributed by atoms with E-state index in [1.165, 1.54) is 11.3 Å². The van der Waals surface area contributed by atoms with Crippen molar-refractivity contribution >= 4 is 39.5 Å². The molecule has 1 fully saturated rings. The number of piperazine rings is 1. The molecule has 9 heteroatoms. The fraction of sp³-hybridized carbons (Fsp3) is 0.200. The zero-order chi connectivity index (χ0) is 19.6. The summed E-state index contributed by atoms with van der Waals surface area (Å²) in [5.41, 5.74) is 3.97. The molecule has 1 aliphatic heterocycles. The maximum Gasteiger partial charge on any atom is 0.275 e. The number of pyridine rings is 1. The van der Waals surface area contributed by atoms with Gasteiger partial charge in [-0.2, -0.15) is 5.10 Å². The van der Waals surface area contributed by atoms with E-state index in [-0.39, 0.29) is 5.91 Å². The predicted molar refractivity (Wildman–Crippen MR) is 114 cm³/mol. The van der Waals surface area contributed by atoms with Crippen LogP contribution in [0, 0.1) is 0 Å². The van der Waals surface area contributed by atoms with Crippen LogP contribution in [0.5, 0.6) is 0 Å². The third kappa shape index (κ3) is 3.57. The van der Waals surface area contributed by atoms with Crippen LogP contribution in [0.15, 0.2) is 48.2 Å². The summed E-state index contributed by atoms with van der Waals surface area (Å²) in [5.74, 6) is -0.237. The number of thiazole rings is 1. The van der Waals surface area contributed by atoms with Gasteiger partial charge in [-0.05, 0) is 12.1 Å². The summed E-state index contributed by atoms with van der Waals surface area (Å²) in [6.07, 6.45) is 5.22. The first-order valence-electron chi connectivity index (χ1n) is 9.38. The van der Waals surface area contributed by atoms with Crippen molar-refractivity contribution in [3.63, 3.8) is 0 Å². The van der Waals surface area contributed by atoms with Crippen molar-refractivity contribution in [3.8, 4) is 10.6 Å². The van der Waals surface area contributed by atoms with Crippen molar-refractivity contribution < 1.29 is 4.79 Å². The second kappa shape index (κ2) is 7.61. The lowest BCUT2D eigenvalue weighted by Gasteiger charge is -2.30. The van der Waals surface area contributed by atoms with Gasteiger partial charge in [0.25, 0.3) is 5.91 Å². The molecule has 5 rings (SSSR count). The largest absolute Gasteiger partial charge is 0.367 e. The fourth-order valence-electron chi connectivity index (χ4n) is 3.43. The molecule has 0 saturated carbocycles. The van der Waals surface area contributed by atoms with Gasteiger partial charge in [-0.1, -0.05) is 12.1 Å². The lowest BCUT2D eigenvalue weighted by Crippen LogP contribution is -2.43. The van der Waals surface area contributed by atoms with E-state index >= 15 is 0 Å². The molecular weight excluding hydrogens is 386 g/mol. The molecule has 0 bridgehead atoms. The summed E-state index contributed by atoms with van der Waals surface area (Å²) >= 11 is 1.44. The molecule has 1 amide bonds. The second-order valence-electron chi connectivity index (χ2n) is 6.79. The van der Waals surface area contributed by atoms with E-state index in [9.17, 15) is 4.79 Å². The Balaban J connectivity index is 1.37. The number of carbonyl (C=O) groups excluding carboxylic acids is 1. The maximum atomic E-state index is 12.8. The van der Waals surface area contributed by atoms with Gasteiger partial charge in [0.05, 0.1) is 29.3 Å². The minimum atomic E-state index is -0.237. The highest BCUT2D eigenvalue weighted by Crippen LogP contribution is 2.28. The van der Waals surface area contributed by atoms with Gasteiger partial charge < -0.3 is 15.5 Å². The molecule has 0 radical (unpaired) electrons. The average Bonchev–Trinajstić information content (AvgIpc) is 3.44.